The Morgan fingerprint density at radius 3 is 2.79 bits per heavy atom. The van der Waals surface area contributed by atoms with E-state index in [0.717, 1.165) is 0 Å². The fourth-order valence-corrected chi connectivity index (χ4v) is 1.23. The van der Waals surface area contributed by atoms with Gasteiger partial charge in [-0.05, 0) is 26.3 Å². The topological polar surface area (TPSA) is 55.8 Å². The van der Waals surface area contributed by atoms with E-state index in [1.165, 1.54) is 0 Å². The predicted octanol–water partition coefficient (Wildman–Crippen LogP) is 0.644. The van der Waals surface area contributed by atoms with Crippen LogP contribution in [0.25, 0.3) is 0 Å². The lowest BCUT2D eigenvalue weighted by Gasteiger charge is -2.36. The lowest BCUT2D eigenvalue weighted by atomic mass is 10.0. The second-order valence-electron chi connectivity index (χ2n) is 3.98. The normalized spacial score (nSPS) is 28.6. The highest BCUT2D eigenvalue weighted by Gasteiger charge is 2.39. The van der Waals surface area contributed by atoms with Crippen LogP contribution in [0.1, 0.15) is 20.8 Å². The van der Waals surface area contributed by atoms with Crippen LogP contribution in [0.4, 0.5) is 0 Å². The number of aliphatic hydroxyl groups excluding tert-OH is 1. The number of aliphatic hydroxyl groups is 1. The summed E-state index contributed by atoms with van der Waals surface area (Å²) < 4.78 is 10.5. The lowest BCUT2D eigenvalue weighted by molar-refractivity contribution is -0.268. The van der Waals surface area contributed by atoms with Gasteiger partial charge in [-0.25, -0.2) is 0 Å². The van der Waals surface area contributed by atoms with Crippen molar-refractivity contribution in [3.05, 3.63) is 12.2 Å². The summed E-state index contributed by atoms with van der Waals surface area (Å²) >= 11 is 0. The fraction of sp³-hybridized carbons (Fsp3) is 0.700. The first-order valence-electron chi connectivity index (χ1n) is 4.51. The molecular weight excluding hydrogens is 184 g/mol. The third kappa shape index (κ3) is 2.41. The van der Waals surface area contributed by atoms with E-state index in [1.54, 1.807) is 20.8 Å². The van der Waals surface area contributed by atoms with E-state index in [2.05, 4.69) is 6.58 Å². The van der Waals surface area contributed by atoms with Crippen LogP contribution in [-0.2, 0) is 14.3 Å². The van der Waals surface area contributed by atoms with Gasteiger partial charge in [0.15, 0.2) is 17.7 Å². The Labute approximate surface area is 83.5 Å². The van der Waals surface area contributed by atoms with Gasteiger partial charge < -0.3 is 14.6 Å². The second-order valence-corrected chi connectivity index (χ2v) is 3.98. The average Bonchev–Trinajstić information content (AvgIpc) is 2.08. The van der Waals surface area contributed by atoms with Gasteiger partial charge in [0, 0.05) is 0 Å². The molecule has 80 valence electrons. The SMILES string of the molecule is C=C(C)[C@H](O)[C@@H]1OC(C)(C)OCC1=O. The van der Waals surface area contributed by atoms with E-state index < -0.39 is 18.0 Å². The van der Waals surface area contributed by atoms with Crippen molar-refractivity contribution in [3.63, 3.8) is 0 Å². The van der Waals surface area contributed by atoms with Gasteiger partial charge in [-0.1, -0.05) is 6.58 Å². The fourth-order valence-electron chi connectivity index (χ4n) is 1.23. The van der Waals surface area contributed by atoms with E-state index in [0.29, 0.717) is 5.57 Å². The maximum Gasteiger partial charge on any atom is 0.190 e. The van der Waals surface area contributed by atoms with Crippen molar-refractivity contribution in [1.29, 1.82) is 0 Å². The van der Waals surface area contributed by atoms with E-state index in [9.17, 15) is 9.90 Å². The van der Waals surface area contributed by atoms with Gasteiger partial charge in [-0.3, -0.25) is 4.79 Å². The Morgan fingerprint density at radius 2 is 2.29 bits per heavy atom. The predicted molar refractivity (Wildman–Crippen MR) is 50.7 cm³/mol. The van der Waals surface area contributed by atoms with Crippen LogP contribution in [0.5, 0.6) is 0 Å². The van der Waals surface area contributed by atoms with Gasteiger partial charge in [0.1, 0.15) is 12.7 Å². The zero-order valence-corrected chi connectivity index (χ0v) is 8.74. The van der Waals surface area contributed by atoms with Gasteiger partial charge in [0.05, 0.1) is 0 Å². The summed E-state index contributed by atoms with van der Waals surface area (Å²) in [4.78, 5) is 11.4. The van der Waals surface area contributed by atoms with Crippen LogP contribution in [0.15, 0.2) is 12.2 Å². The average molecular weight is 200 g/mol. The molecule has 14 heavy (non-hydrogen) atoms. The summed E-state index contributed by atoms with van der Waals surface area (Å²) in [7, 11) is 0. The first kappa shape index (κ1) is 11.4. The molecular formula is C10H16O4. The molecule has 0 aromatic rings. The molecule has 0 radical (unpaired) electrons. The summed E-state index contributed by atoms with van der Waals surface area (Å²) in [5.74, 6) is -1.07. The summed E-state index contributed by atoms with van der Waals surface area (Å²) in [5.41, 5.74) is 0.515. The largest absolute Gasteiger partial charge is 0.386 e. The molecule has 0 bridgehead atoms. The molecule has 0 spiro atoms. The molecule has 4 nitrogen and oxygen atoms in total. The molecule has 1 N–H and O–H groups in total. The molecule has 1 saturated heterocycles. The molecule has 0 aliphatic carbocycles. The molecule has 1 heterocycles. The highest BCUT2D eigenvalue weighted by Crippen LogP contribution is 2.23. The van der Waals surface area contributed by atoms with Crippen LogP contribution in [0.3, 0.4) is 0 Å². The van der Waals surface area contributed by atoms with Gasteiger partial charge in [0.25, 0.3) is 0 Å². The standard InChI is InChI=1S/C10H16O4/c1-6(2)8(12)9-7(11)5-13-10(3,4)14-9/h8-9,12H,1,5H2,2-4H3/t8-,9+/m0/s1. The number of ether oxygens (including phenoxy) is 2. The quantitative estimate of drug-likeness (QED) is 0.665. The smallest absolute Gasteiger partial charge is 0.190 e. The molecule has 1 rings (SSSR count). The van der Waals surface area contributed by atoms with Crippen molar-refractivity contribution in [1.82, 2.24) is 0 Å². The Balaban J connectivity index is 2.75. The Morgan fingerprint density at radius 1 is 1.71 bits per heavy atom. The van der Waals surface area contributed by atoms with Crippen LogP contribution in [0, 0.1) is 0 Å². The third-order valence-electron chi connectivity index (χ3n) is 2.08. The van der Waals surface area contributed by atoms with Crippen molar-refractivity contribution in [2.45, 2.75) is 38.8 Å². The van der Waals surface area contributed by atoms with Crippen LogP contribution < -0.4 is 0 Å². The van der Waals surface area contributed by atoms with E-state index in [-0.39, 0.29) is 12.4 Å². The molecule has 4 heteroatoms. The molecule has 1 aliphatic rings. The maximum atomic E-state index is 11.4. The molecule has 0 aromatic carbocycles. The van der Waals surface area contributed by atoms with Crippen molar-refractivity contribution in [2.75, 3.05) is 6.61 Å². The number of hydrogen-bond donors (Lipinski definition) is 1. The Hall–Kier alpha value is -0.710. The van der Waals surface area contributed by atoms with E-state index >= 15 is 0 Å². The minimum atomic E-state index is -0.953. The maximum absolute atomic E-state index is 11.4. The van der Waals surface area contributed by atoms with Crippen LogP contribution in [-0.4, -0.2) is 35.5 Å². The third-order valence-corrected chi connectivity index (χ3v) is 2.08. The van der Waals surface area contributed by atoms with Gasteiger partial charge in [-0.15, -0.1) is 0 Å². The van der Waals surface area contributed by atoms with Crippen molar-refractivity contribution >= 4 is 5.78 Å². The molecule has 0 unspecified atom stereocenters. The summed E-state index contributed by atoms with van der Waals surface area (Å²) in [5, 5.41) is 9.65. The van der Waals surface area contributed by atoms with Crippen molar-refractivity contribution < 1.29 is 19.4 Å². The zero-order chi connectivity index (χ0) is 10.9. The van der Waals surface area contributed by atoms with Crippen molar-refractivity contribution in [2.24, 2.45) is 0 Å². The summed E-state index contributed by atoms with van der Waals surface area (Å²) in [6.45, 7) is 8.63. The van der Waals surface area contributed by atoms with Gasteiger partial charge in [-0.2, -0.15) is 0 Å². The number of carbonyl (C=O) groups is 1. The number of carbonyl (C=O) groups excluding carboxylic acids is 1. The first-order valence-corrected chi connectivity index (χ1v) is 4.51. The summed E-state index contributed by atoms with van der Waals surface area (Å²) in [6, 6.07) is 0. The highest BCUT2D eigenvalue weighted by molar-refractivity contribution is 5.85. The van der Waals surface area contributed by atoms with Gasteiger partial charge in [0.2, 0.25) is 0 Å². The molecule has 0 aromatic heterocycles. The Bertz CT molecular complexity index is 257. The van der Waals surface area contributed by atoms with Gasteiger partial charge >= 0.3 is 0 Å². The van der Waals surface area contributed by atoms with E-state index in [1.807, 2.05) is 0 Å². The lowest BCUT2D eigenvalue weighted by Crippen LogP contribution is -2.51. The van der Waals surface area contributed by atoms with Crippen LogP contribution in [0.2, 0.25) is 0 Å². The van der Waals surface area contributed by atoms with Crippen molar-refractivity contribution in [3.8, 4) is 0 Å². The highest BCUT2D eigenvalue weighted by atomic mass is 16.7. The Kier molecular flexibility index (Phi) is 3.09. The molecule has 1 fully saturated rings. The summed E-state index contributed by atoms with van der Waals surface area (Å²) in [6.07, 6.45) is -1.80. The monoisotopic (exact) mass is 200 g/mol. The molecule has 0 saturated carbocycles. The minimum Gasteiger partial charge on any atom is -0.386 e. The van der Waals surface area contributed by atoms with Crippen LogP contribution >= 0.6 is 0 Å². The first-order chi connectivity index (χ1) is 6.33. The number of Topliss-reactive ketones (excluding diaryl/α,β-unsaturated/α-hetero) is 1. The minimum absolute atomic E-state index is 0.0258. The number of ketones is 1. The molecule has 2 atom stereocenters. The molecule has 0 amide bonds. The zero-order valence-electron chi connectivity index (χ0n) is 8.74. The number of rotatable bonds is 2. The van der Waals surface area contributed by atoms with E-state index in [4.69, 9.17) is 9.47 Å². The second kappa shape index (κ2) is 3.81. The number of hydrogen-bond acceptors (Lipinski definition) is 4. The molecule has 1 aliphatic heterocycles.